The molecule has 82 valence electrons. The second-order valence-electron chi connectivity index (χ2n) is 2.42. The van der Waals surface area contributed by atoms with E-state index in [1.165, 1.54) is 0 Å². The van der Waals surface area contributed by atoms with E-state index >= 15 is 0 Å². The number of benzene rings is 1. The topological polar surface area (TPSA) is 109 Å². The van der Waals surface area contributed by atoms with Crippen molar-refractivity contribution in [3.8, 4) is 0 Å². The van der Waals surface area contributed by atoms with Crippen LogP contribution in [0.2, 0.25) is 0 Å². The number of hydrogen-bond acceptors (Lipinski definition) is 4. The zero-order valence-corrected chi connectivity index (χ0v) is 8.29. The SMILES string of the molecule is O=S(=O)(O)c1ccc(S(=O)(=O)O)cc1.[CaH2]. The Labute approximate surface area is 117 Å². The van der Waals surface area contributed by atoms with Gasteiger partial charge in [0.15, 0.2) is 0 Å². The van der Waals surface area contributed by atoms with Crippen molar-refractivity contribution in [2.75, 3.05) is 0 Å². The van der Waals surface area contributed by atoms with E-state index in [0.717, 1.165) is 24.3 Å². The zero-order chi connectivity index (χ0) is 11.0. The molecule has 1 aromatic rings. The standard InChI is InChI=1S/C6H6O6S2.Ca.2H/c7-13(8,9)5-1-2-6(4-3-5)14(10,11)12;;;/h1-4H,(H,7,8,9)(H,10,11,12);;;. The molecule has 9 heteroatoms. The van der Waals surface area contributed by atoms with Gasteiger partial charge in [-0.1, -0.05) is 0 Å². The average molecular weight is 280 g/mol. The van der Waals surface area contributed by atoms with Gasteiger partial charge in [0, 0.05) is 0 Å². The maximum absolute atomic E-state index is 10.5. The van der Waals surface area contributed by atoms with Gasteiger partial charge in [-0.05, 0) is 24.3 Å². The molecule has 0 saturated heterocycles. The molecule has 0 aliphatic rings. The molecule has 0 saturated carbocycles. The molecule has 0 fully saturated rings. The van der Waals surface area contributed by atoms with Gasteiger partial charge < -0.3 is 0 Å². The molecule has 0 bridgehead atoms. The van der Waals surface area contributed by atoms with Crippen LogP contribution in [0, 0.1) is 0 Å². The Morgan fingerprint density at radius 1 is 0.733 bits per heavy atom. The Morgan fingerprint density at radius 2 is 0.933 bits per heavy atom. The van der Waals surface area contributed by atoms with E-state index in [2.05, 4.69) is 0 Å². The first kappa shape index (κ1) is 15.3. The van der Waals surface area contributed by atoms with Crippen molar-refractivity contribution < 1.29 is 25.9 Å². The van der Waals surface area contributed by atoms with E-state index < -0.39 is 30.0 Å². The Kier molecular flexibility index (Phi) is 5.19. The van der Waals surface area contributed by atoms with Crippen LogP contribution in [0.4, 0.5) is 0 Å². The summed E-state index contributed by atoms with van der Waals surface area (Å²) in [6.07, 6.45) is 0. The summed E-state index contributed by atoms with van der Waals surface area (Å²) in [6, 6.07) is 3.49. The van der Waals surface area contributed by atoms with Gasteiger partial charge in [0.2, 0.25) is 0 Å². The summed E-state index contributed by atoms with van der Waals surface area (Å²) in [4.78, 5) is -0.880. The molecule has 0 amide bonds. The molecule has 1 rings (SSSR count). The average Bonchev–Trinajstić information content (AvgIpc) is 2.01. The van der Waals surface area contributed by atoms with Crippen molar-refractivity contribution in [1.29, 1.82) is 0 Å². The predicted octanol–water partition coefficient (Wildman–Crippen LogP) is -0.736. The Bertz CT molecular complexity index is 478. The maximum atomic E-state index is 10.5. The zero-order valence-electron chi connectivity index (χ0n) is 6.65. The summed E-state index contributed by atoms with van der Waals surface area (Å²) in [7, 11) is -8.68. The Morgan fingerprint density at radius 3 is 1.07 bits per heavy atom. The van der Waals surface area contributed by atoms with Crippen molar-refractivity contribution in [3.63, 3.8) is 0 Å². The van der Waals surface area contributed by atoms with Crippen LogP contribution in [-0.2, 0) is 20.2 Å². The molecule has 0 radical (unpaired) electrons. The van der Waals surface area contributed by atoms with Crippen LogP contribution in [0.15, 0.2) is 34.1 Å². The molecule has 0 unspecified atom stereocenters. The third kappa shape index (κ3) is 4.35. The van der Waals surface area contributed by atoms with Crippen LogP contribution in [0.25, 0.3) is 0 Å². The van der Waals surface area contributed by atoms with Crippen LogP contribution < -0.4 is 0 Å². The number of hydrogen-bond donors (Lipinski definition) is 2. The molecule has 1 aromatic carbocycles. The van der Waals surface area contributed by atoms with Crippen LogP contribution in [-0.4, -0.2) is 63.7 Å². The van der Waals surface area contributed by atoms with Gasteiger partial charge in [-0.25, -0.2) is 0 Å². The van der Waals surface area contributed by atoms with Gasteiger partial charge in [0.05, 0.1) is 9.79 Å². The summed E-state index contributed by atoms with van der Waals surface area (Å²) >= 11 is 0. The first-order valence-electron chi connectivity index (χ1n) is 3.26. The summed E-state index contributed by atoms with van der Waals surface area (Å²) in [6.45, 7) is 0. The molecule has 0 heterocycles. The van der Waals surface area contributed by atoms with Crippen LogP contribution in [0.1, 0.15) is 0 Å². The van der Waals surface area contributed by atoms with Crippen molar-refractivity contribution >= 4 is 58.0 Å². The molecular weight excluding hydrogens is 272 g/mol. The van der Waals surface area contributed by atoms with Gasteiger partial charge >= 0.3 is 37.7 Å². The first-order valence-corrected chi connectivity index (χ1v) is 6.14. The molecular formula is C6H8CaO6S2. The molecule has 6 nitrogen and oxygen atoms in total. The van der Waals surface area contributed by atoms with E-state index in [1.54, 1.807) is 0 Å². The third-order valence-corrected chi connectivity index (χ3v) is 3.16. The molecule has 2 N–H and O–H groups in total. The fraction of sp³-hybridized carbons (Fsp3) is 0. The van der Waals surface area contributed by atoms with Crippen LogP contribution in [0.5, 0.6) is 0 Å². The predicted molar refractivity (Wildman–Crippen MR) is 54.6 cm³/mol. The van der Waals surface area contributed by atoms with Crippen LogP contribution in [0.3, 0.4) is 0 Å². The van der Waals surface area contributed by atoms with E-state index in [-0.39, 0.29) is 37.7 Å². The molecule has 0 aromatic heterocycles. The van der Waals surface area contributed by atoms with Crippen molar-refractivity contribution in [2.45, 2.75) is 9.79 Å². The third-order valence-electron chi connectivity index (χ3n) is 1.42. The van der Waals surface area contributed by atoms with Gasteiger partial charge in [-0.15, -0.1) is 0 Å². The van der Waals surface area contributed by atoms with Gasteiger partial charge in [-0.3, -0.25) is 9.11 Å². The quantitative estimate of drug-likeness (QED) is 0.546. The summed E-state index contributed by atoms with van der Waals surface area (Å²) in [5, 5.41) is 0. The minimum atomic E-state index is -4.34. The van der Waals surface area contributed by atoms with Gasteiger partial charge in [-0.2, -0.15) is 16.8 Å². The molecule has 0 aliphatic heterocycles. The van der Waals surface area contributed by atoms with Gasteiger partial charge in [0.25, 0.3) is 20.2 Å². The van der Waals surface area contributed by atoms with Crippen molar-refractivity contribution in [2.24, 2.45) is 0 Å². The van der Waals surface area contributed by atoms with Crippen LogP contribution >= 0.6 is 0 Å². The van der Waals surface area contributed by atoms with E-state index in [9.17, 15) is 16.8 Å². The normalized spacial score (nSPS) is 11.9. The fourth-order valence-corrected chi connectivity index (χ4v) is 1.74. The number of rotatable bonds is 2. The van der Waals surface area contributed by atoms with Crippen molar-refractivity contribution in [3.05, 3.63) is 24.3 Å². The first-order chi connectivity index (χ1) is 6.21. The Balaban J connectivity index is 0.00000196. The van der Waals surface area contributed by atoms with E-state index in [1.807, 2.05) is 0 Å². The monoisotopic (exact) mass is 280 g/mol. The minimum absolute atomic E-state index is 0. The summed E-state index contributed by atoms with van der Waals surface area (Å²) in [5.41, 5.74) is 0. The molecule has 15 heavy (non-hydrogen) atoms. The second kappa shape index (κ2) is 5.09. The summed E-state index contributed by atoms with van der Waals surface area (Å²) < 4.78 is 59.2. The van der Waals surface area contributed by atoms with Gasteiger partial charge in [0.1, 0.15) is 0 Å². The summed E-state index contributed by atoms with van der Waals surface area (Å²) in [5.74, 6) is 0. The molecule has 0 spiro atoms. The van der Waals surface area contributed by atoms with E-state index in [0.29, 0.717) is 0 Å². The molecule has 0 aliphatic carbocycles. The Hall–Kier alpha value is 0.300. The van der Waals surface area contributed by atoms with E-state index in [4.69, 9.17) is 9.11 Å². The molecule has 0 atom stereocenters. The fourth-order valence-electron chi connectivity index (χ4n) is 0.784. The second-order valence-corrected chi connectivity index (χ2v) is 5.26. The van der Waals surface area contributed by atoms with Crippen molar-refractivity contribution in [1.82, 2.24) is 0 Å².